The average Bonchev–Trinajstić information content (AvgIpc) is 2.21. The molecule has 0 aliphatic rings. The normalized spacial score (nSPS) is 11.4. The lowest BCUT2D eigenvalue weighted by Crippen LogP contribution is -2.15. The predicted octanol–water partition coefficient (Wildman–Crippen LogP) is 2.65. The van der Waals surface area contributed by atoms with Crippen LogP contribution in [0.4, 0.5) is 5.69 Å². The Labute approximate surface area is 99.1 Å². The third kappa shape index (κ3) is 3.21. The monoisotopic (exact) mass is 291 g/mol. The van der Waals surface area contributed by atoms with E-state index in [1.807, 2.05) is 32.0 Å². The summed E-state index contributed by atoms with van der Waals surface area (Å²) < 4.78 is 25.4. The Morgan fingerprint density at radius 1 is 1.40 bits per heavy atom. The van der Waals surface area contributed by atoms with Crippen molar-refractivity contribution in [1.29, 1.82) is 0 Å². The number of para-hydroxylation sites is 1. The van der Waals surface area contributed by atoms with Gasteiger partial charge in [-0.1, -0.05) is 41.1 Å². The Morgan fingerprint density at radius 3 is 2.60 bits per heavy atom. The van der Waals surface area contributed by atoms with Crippen LogP contribution in [0, 0.1) is 6.92 Å². The van der Waals surface area contributed by atoms with Crippen LogP contribution >= 0.6 is 15.9 Å². The number of nitrogens with one attached hydrogen (secondary N) is 1. The number of aryl methyl sites for hydroxylation is 2. The second kappa shape index (κ2) is 4.99. The van der Waals surface area contributed by atoms with Crippen LogP contribution in [0.5, 0.6) is 0 Å². The van der Waals surface area contributed by atoms with Gasteiger partial charge in [0.25, 0.3) is 0 Å². The second-order valence-corrected chi connectivity index (χ2v) is 6.31. The molecule has 1 aromatic carbocycles. The lowest BCUT2D eigenvalue weighted by atomic mass is 10.1. The minimum Gasteiger partial charge on any atom is -0.282 e. The zero-order valence-corrected chi connectivity index (χ0v) is 11.2. The van der Waals surface area contributed by atoms with Crippen molar-refractivity contribution in [2.45, 2.75) is 20.3 Å². The van der Waals surface area contributed by atoms with Gasteiger partial charge in [0.2, 0.25) is 10.0 Å². The molecule has 1 rings (SSSR count). The Hall–Kier alpha value is -0.550. The maximum Gasteiger partial charge on any atom is 0.242 e. The van der Waals surface area contributed by atoms with Gasteiger partial charge < -0.3 is 0 Å². The molecule has 0 atom stereocenters. The van der Waals surface area contributed by atoms with Gasteiger partial charge in [-0.15, -0.1) is 0 Å². The summed E-state index contributed by atoms with van der Waals surface area (Å²) in [4.78, 5) is 0. The highest BCUT2D eigenvalue weighted by Crippen LogP contribution is 2.22. The van der Waals surface area contributed by atoms with Crippen molar-refractivity contribution < 1.29 is 8.42 Å². The van der Waals surface area contributed by atoms with Gasteiger partial charge in [0.15, 0.2) is 0 Å². The summed E-state index contributed by atoms with van der Waals surface area (Å²) in [5.41, 5.74) is 2.66. The molecule has 0 unspecified atom stereocenters. The van der Waals surface area contributed by atoms with Crippen molar-refractivity contribution in [3.8, 4) is 0 Å². The predicted molar refractivity (Wildman–Crippen MR) is 66.9 cm³/mol. The molecule has 84 valence electrons. The van der Waals surface area contributed by atoms with E-state index in [1.165, 1.54) is 0 Å². The first-order chi connectivity index (χ1) is 7.00. The van der Waals surface area contributed by atoms with Gasteiger partial charge in [-0.05, 0) is 24.5 Å². The summed E-state index contributed by atoms with van der Waals surface area (Å²) in [6.07, 6.45) is 0.807. The molecule has 1 aromatic rings. The Bertz CT molecular complexity index is 443. The van der Waals surface area contributed by atoms with Crippen LogP contribution in [0.15, 0.2) is 18.2 Å². The highest BCUT2D eigenvalue weighted by Gasteiger charge is 2.12. The SMILES string of the molecule is CCc1cccc(C)c1NS(=O)(=O)CBr. The average molecular weight is 292 g/mol. The Kier molecular flexibility index (Phi) is 4.16. The minimum atomic E-state index is -3.26. The van der Waals surface area contributed by atoms with Crippen LogP contribution in [0.3, 0.4) is 0 Å². The molecular weight excluding hydrogens is 278 g/mol. The van der Waals surface area contributed by atoms with Gasteiger partial charge in [0.05, 0.1) is 5.69 Å². The van der Waals surface area contributed by atoms with Crippen molar-refractivity contribution in [2.75, 3.05) is 9.38 Å². The second-order valence-electron chi connectivity index (χ2n) is 3.29. The van der Waals surface area contributed by atoms with E-state index >= 15 is 0 Å². The van der Waals surface area contributed by atoms with E-state index in [2.05, 4.69) is 20.7 Å². The van der Waals surface area contributed by atoms with E-state index in [9.17, 15) is 8.42 Å². The summed E-state index contributed by atoms with van der Waals surface area (Å²) in [6, 6.07) is 5.75. The molecule has 5 heteroatoms. The molecule has 0 saturated heterocycles. The smallest absolute Gasteiger partial charge is 0.242 e. The molecule has 0 heterocycles. The largest absolute Gasteiger partial charge is 0.282 e. The molecule has 0 bridgehead atoms. The molecule has 3 nitrogen and oxygen atoms in total. The first-order valence-electron chi connectivity index (χ1n) is 4.65. The zero-order chi connectivity index (χ0) is 11.5. The number of anilines is 1. The molecule has 0 aromatic heterocycles. The van der Waals surface area contributed by atoms with Crippen molar-refractivity contribution in [3.05, 3.63) is 29.3 Å². The van der Waals surface area contributed by atoms with Crippen LogP contribution in [0.25, 0.3) is 0 Å². The van der Waals surface area contributed by atoms with E-state index in [4.69, 9.17) is 0 Å². The minimum absolute atomic E-state index is 0.0858. The van der Waals surface area contributed by atoms with Gasteiger partial charge in [-0.2, -0.15) is 0 Å². The highest BCUT2D eigenvalue weighted by molar-refractivity contribution is 9.10. The first-order valence-corrected chi connectivity index (χ1v) is 7.42. The fourth-order valence-corrected chi connectivity index (χ4v) is 2.35. The van der Waals surface area contributed by atoms with Crippen LogP contribution in [0.2, 0.25) is 0 Å². The summed E-state index contributed by atoms with van der Waals surface area (Å²) in [6.45, 7) is 3.89. The van der Waals surface area contributed by atoms with Crippen LogP contribution in [-0.2, 0) is 16.4 Å². The molecule has 0 aliphatic carbocycles. The molecule has 1 N–H and O–H groups in total. The lowest BCUT2D eigenvalue weighted by Gasteiger charge is -2.12. The van der Waals surface area contributed by atoms with Crippen LogP contribution in [0.1, 0.15) is 18.1 Å². The standard InChI is InChI=1S/C10H14BrNO2S/c1-3-9-6-4-5-8(2)10(9)12-15(13,14)7-11/h4-6,12H,3,7H2,1-2H3. The number of benzene rings is 1. The van der Waals surface area contributed by atoms with Gasteiger partial charge in [-0.3, -0.25) is 4.72 Å². The van der Waals surface area contributed by atoms with E-state index in [1.54, 1.807) is 0 Å². The number of halogens is 1. The first kappa shape index (κ1) is 12.5. The number of hydrogen-bond donors (Lipinski definition) is 1. The maximum atomic E-state index is 11.4. The molecule has 15 heavy (non-hydrogen) atoms. The van der Waals surface area contributed by atoms with Crippen LogP contribution in [-0.4, -0.2) is 13.1 Å². The van der Waals surface area contributed by atoms with Gasteiger partial charge >= 0.3 is 0 Å². The van der Waals surface area contributed by atoms with Crippen molar-refractivity contribution in [1.82, 2.24) is 0 Å². The number of alkyl halides is 1. The number of sulfonamides is 1. The third-order valence-electron chi connectivity index (χ3n) is 2.14. The topological polar surface area (TPSA) is 46.2 Å². The molecule has 0 fully saturated rings. The van der Waals surface area contributed by atoms with Crippen molar-refractivity contribution in [2.24, 2.45) is 0 Å². The fraction of sp³-hybridized carbons (Fsp3) is 0.400. The van der Waals surface area contributed by atoms with Gasteiger partial charge in [0.1, 0.15) is 4.66 Å². The molecule has 0 amide bonds. The van der Waals surface area contributed by atoms with Crippen molar-refractivity contribution >= 4 is 31.6 Å². The molecular formula is C10H14BrNO2S. The fourth-order valence-electron chi connectivity index (χ4n) is 1.35. The summed E-state index contributed by atoms with van der Waals surface area (Å²) in [5.74, 6) is 0. The van der Waals surface area contributed by atoms with E-state index in [0.717, 1.165) is 17.5 Å². The lowest BCUT2D eigenvalue weighted by molar-refractivity contribution is 0.606. The molecule has 0 saturated carbocycles. The zero-order valence-electron chi connectivity index (χ0n) is 8.75. The van der Waals surface area contributed by atoms with Crippen LogP contribution < -0.4 is 4.72 Å². The molecule has 0 aliphatic heterocycles. The van der Waals surface area contributed by atoms with Crippen molar-refractivity contribution in [3.63, 3.8) is 0 Å². The molecule has 0 radical (unpaired) electrons. The summed E-state index contributed by atoms with van der Waals surface area (Å²) in [7, 11) is -3.26. The summed E-state index contributed by atoms with van der Waals surface area (Å²) in [5, 5.41) is 0. The van der Waals surface area contributed by atoms with E-state index in [-0.39, 0.29) is 4.66 Å². The maximum absolute atomic E-state index is 11.4. The summed E-state index contributed by atoms with van der Waals surface area (Å²) >= 11 is 2.95. The van der Waals surface area contributed by atoms with Gasteiger partial charge in [0, 0.05) is 0 Å². The highest BCUT2D eigenvalue weighted by atomic mass is 79.9. The Morgan fingerprint density at radius 2 is 2.07 bits per heavy atom. The van der Waals surface area contributed by atoms with E-state index in [0.29, 0.717) is 5.69 Å². The Balaban J connectivity index is 3.14. The number of hydrogen-bond acceptors (Lipinski definition) is 2. The van der Waals surface area contributed by atoms with Gasteiger partial charge in [-0.25, -0.2) is 8.42 Å². The molecule has 0 spiro atoms. The van der Waals surface area contributed by atoms with E-state index < -0.39 is 10.0 Å². The number of rotatable bonds is 4. The third-order valence-corrected chi connectivity index (χ3v) is 4.75. The quantitative estimate of drug-likeness (QED) is 0.867.